The quantitative estimate of drug-likeness (QED) is 0.292. The molecular formula is C5H2N4O6. The van der Waals surface area contributed by atoms with Crippen LogP contribution in [-0.4, -0.2) is 29.8 Å². The van der Waals surface area contributed by atoms with Gasteiger partial charge in [-0.3, -0.25) is 14.4 Å². The third kappa shape index (κ3) is 7.53. The second-order valence-corrected chi connectivity index (χ2v) is 1.40. The van der Waals surface area contributed by atoms with Crippen LogP contribution in [0.5, 0.6) is 0 Å². The van der Waals surface area contributed by atoms with Gasteiger partial charge in [0.05, 0.1) is 0 Å². The van der Waals surface area contributed by atoms with E-state index in [2.05, 4.69) is 15.2 Å². The lowest BCUT2D eigenvalue weighted by atomic mass is 10.4. The Bertz CT molecular complexity index is 348. The summed E-state index contributed by atoms with van der Waals surface area (Å²) in [5.41, 5.74) is 0. The molecule has 1 rings (SSSR count). The molecule has 0 spiro atoms. The lowest BCUT2D eigenvalue weighted by Crippen LogP contribution is -2.26. The van der Waals surface area contributed by atoms with Crippen molar-refractivity contribution in [3.63, 3.8) is 0 Å². The highest BCUT2D eigenvalue weighted by atomic mass is 16.7. The van der Waals surface area contributed by atoms with E-state index in [1.165, 1.54) is 0 Å². The topological polar surface area (TPSA) is 167 Å². The molecule has 0 saturated heterocycles. The Morgan fingerprint density at radius 2 is 1.47 bits per heavy atom. The van der Waals surface area contributed by atoms with Gasteiger partial charge in [0.15, 0.2) is 0 Å². The number of ketones is 1. The molecule has 0 fully saturated rings. The summed E-state index contributed by atoms with van der Waals surface area (Å²) in [7, 11) is 0. The number of hydrogen-bond donors (Lipinski definition) is 2. The van der Waals surface area contributed by atoms with Gasteiger partial charge in [-0.2, -0.15) is 0 Å². The van der Waals surface area contributed by atoms with Crippen LogP contribution in [0.1, 0.15) is 0 Å². The minimum atomic E-state index is -1.29. The summed E-state index contributed by atoms with van der Waals surface area (Å²) in [5.74, 6) is -3.76. The Morgan fingerprint density at radius 1 is 1.07 bits per heavy atom. The van der Waals surface area contributed by atoms with Crippen LogP contribution in [0, 0.1) is 10.8 Å². The van der Waals surface area contributed by atoms with Crippen LogP contribution in [-0.2, 0) is 28.8 Å². The number of amides is 1. The van der Waals surface area contributed by atoms with Crippen molar-refractivity contribution in [1.82, 2.24) is 0 Å². The molecule has 1 aliphatic rings. The predicted molar refractivity (Wildman–Crippen MR) is 37.8 cm³/mol. The number of rotatable bonds is 0. The fourth-order valence-electron chi connectivity index (χ4n) is 0.269. The summed E-state index contributed by atoms with van der Waals surface area (Å²) in [5, 5.41) is 16.1. The minimum absolute atomic E-state index is 0.750. The smallest absolute Gasteiger partial charge is 0.290 e. The van der Waals surface area contributed by atoms with Crippen molar-refractivity contribution < 1.29 is 28.8 Å². The van der Waals surface area contributed by atoms with Gasteiger partial charge in [-0.15, -0.1) is 0 Å². The van der Waals surface area contributed by atoms with Gasteiger partial charge in [-0.05, 0) is 0 Å². The van der Waals surface area contributed by atoms with Gasteiger partial charge in [0.25, 0.3) is 0 Å². The SMILES string of the molecule is N=C=O.N=C=O.O=C1N=NOC(=O)C1=O. The van der Waals surface area contributed by atoms with Gasteiger partial charge in [-0.1, -0.05) is 5.11 Å². The molecule has 10 heteroatoms. The first-order valence-corrected chi connectivity index (χ1v) is 2.83. The summed E-state index contributed by atoms with van der Waals surface area (Å²) in [6, 6.07) is 0. The number of Topliss-reactive ketones (excluding diaryl/α,β-unsaturated/α-hetero) is 1. The second kappa shape index (κ2) is 9.26. The molecule has 0 aromatic carbocycles. The first-order chi connectivity index (χ1) is 7.04. The second-order valence-electron chi connectivity index (χ2n) is 1.40. The maximum absolute atomic E-state index is 10.1. The third-order valence-electron chi connectivity index (χ3n) is 0.635. The highest BCUT2D eigenvalue weighted by Crippen LogP contribution is 1.94. The average molecular weight is 214 g/mol. The third-order valence-corrected chi connectivity index (χ3v) is 0.635. The Kier molecular flexibility index (Phi) is 9.06. The zero-order valence-corrected chi connectivity index (χ0v) is 6.84. The monoisotopic (exact) mass is 214 g/mol. The van der Waals surface area contributed by atoms with E-state index in [9.17, 15) is 14.4 Å². The molecule has 10 nitrogen and oxygen atoms in total. The van der Waals surface area contributed by atoms with Crippen LogP contribution in [0.15, 0.2) is 10.4 Å². The molecule has 0 atom stereocenters. The van der Waals surface area contributed by atoms with Gasteiger partial charge in [0.2, 0.25) is 12.2 Å². The number of hydrogen-bond acceptors (Lipinski definition) is 9. The van der Waals surface area contributed by atoms with E-state index in [0.717, 1.165) is 12.2 Å². The molecule has 0 unspecified atom stereocenters. The number of carbonyl (C=O) groups is 3. The van der Waals surface area contributed by atoms with Crippen LogP contribution < -0.4 is 0 Å². The molecule has 2 N–H and O–H groups in total. The summed E-state index contributed by atoms with van der Waals surface area (Å²) in [6.45, 7) is 0. The van der Waals surface area contributed by atoms with E-state index in [1.54, 1.807) is 0 Å². The first-order valence-electron chi connectivity index (χ1n) is 2.83. The summed E-state index contributed by atoms with van der Waals surface area (Å²) >= 11 is 0. The predicted octanol–water partition coefficient (Wildman–Crippen LogP) is -1.19. The summed E-state index contributed by atoms with van der Waals surface area (Å²) in [6.07, 6.45) is 1.50. The van der Waals surface area contributed by atoms with Crippen LogP contribution >= 0.6 is 0 Å². The van der Waals surface area contributed by atoms with Gasteiger partial charge >= 0.3 is 17.7 Å². The number of isocyanates is 2. The Morgan fingerprint density at radius 3 is 1.73 bits per heavy atom. The molecule has 0 radical (unpaired) electrons. The van der Waals surface area contributed by atoms with E-state index in [4.69, 9.17) is 20.4 Å². The Labute approximate surface area is 80.9 Å². The molecule has 0 saturated carbocycles. The zero-order chi connectivity index (χ0) is 12.3. The number of carbonyl (C=O) groups excluding carboxylic acids is 5. The maximum atomic E-state index is 10.1. The van der Waals surface area contributed by atoms with Crippen molar-refractivity contribution in [1.29, 1.82) is 10.8 Å². The molecule has 1 amide bonds. The van der Waals surface area contributed by atoms with Crippen LogP contribution in [0.25, 0.3) is 0 Å². The lowest BCUT2D eigenvalue weighted by molar-refractivity contribution is -0.160. The molecule has 0 bridgehead atoms. The van der Waals surface area contributed by atoms with E-state index in [0.29, 0.717) is 0 Å². The summed E-state index contributed by atoms with van der Waals surface area (Å²) in [4.78, 5) is 50.7. The van der Waals surface area contributed by atoms with Crippen molar-refractivity contribution in [3.8, 4) is 0 Å². The maximum Gasteiger partial charge on any atom is 0.413 e. The van der Waals surface area contributed by atoms with Crippen molar-refractivity contribution in [3.05, 3.63) is 0 Å². The highest BCUT2D eigenvalue weighted by Gasteiger charge is 2.28. The van der Waals surface area contributed by atoms with Gasteiger partial charge < -0.3 is 0 Å². The fourth-order valence-corrected chi connectivity index (χ4v) is 0.269. The summed E-state index contributed by atoms with van der Waals surface area (Å²) < 4.78 is 0. The average Bonchev–Trinajstić information content (AvgIpc) is 2.17. The first kappa shape index (κ1) is 14.7. The Balaban J connectivity index is 0. The highest BCUT2D eigenvalue weighted by molar-refractivity contribution is 6.62. The van der Waals surface area contributed by atoms with Crippen LogP contribution in [0.3, 0.4) is 0 Å². The lowest BCUT2D eigenvalue weighted by Gasteiger charge is -1.94. The number of nitrogens with one attached hydrogen (secondary N) is 2. The largest absolute Gasteiger partial charge is 0.413 e. The molecule has 1 aliphatic heterocycles. The van der Waals surface area contributed by atoms with Crippen molar-refractivity contribution in [2.24, 2.45) is 10.4 Å². The van der Waals surface area contributed by atoms with E-state index in [-0.39, 0.29) is 0 Å². The van der Waals surface area contributed by atoms with E-state index in [1.807, 2.05) is 0 Å². The Hall–Kier alpha value is -2.83. The molecule has 0 aromatic rings. The van der Waals surface area contributed by atoms with Gasteiger partial charge in [0.1, 0.15) is 0 Å². The minimum Gasteiger partial charge on any atom is -0.290 e. The molecule has 1 heterocycles. The fraction of sp³-hybridized carbons (Fsp3) is 0. The number of nitrogens with zero attached hydrogens (tertiary/aromatic N) is 2. The van der Waals surface area contributed by atoms with Gasteiger partial charge in [0, 0.05) is 5.28 Å². The van der Waals surface area contributed by atoms with Crippen molar-refractivity contribution in [2.75, 3.05) is 0 Å². The van der Waals surface area contributed by atoms with E-state index >= 15 is 0 Å². The normalized spacial score (nSPS) is 11.9. The standard InChI is InChI=1S/C3N2O4.2CHNO/c6-1-2(7)4-5-9-3(1)8;2*2-1-3/h;2*2H. The molecule has 0 aliphatic carbocycles. The van der Waals surface area contributed by atoms with E-state index < -0.39 is 17.7 Å². The van der Waals surface area contributed by atoms with Crippen LogP contribution in [0.4, 0.5) is 0 Å². The molecule has 78 valence electrons. The van der Waals surface area contributed by atoms with Crippen molar-refractivity contribution in [2.45, 2.75) is 0 Å². The molecular weight excluding hydrogens is 212 g/mol. The zero-order valence-electron chi connectivity index (χ0n) is 6.84. The molecule has 0 aromatic heterocycles. The molecule has 15 heavy (non-hydrogen) atoms. The van der Waals surface area contributed by atoms with Gasteiger partial charge in [-0.25, -0.2) is 25.2 Å². The van der Waals surface area contributed by atoms with Crippen LogP contribution in [0.2, 0.25) is 0 Å². The van der Waals surface area contributed by atoms with Crippen molar-refractivity contribution >= 4 is 29.8 Å².